The second-order valence-electron chi connectivity index (χ2n) is 18.0. The summed E-state index contributed by atoms with van der Waals surface area (Å²) in [7, 11) is 1.95. The van der Waals surface area contributed by atoms with Gasteiger partial charge in [-0.05, 0) is 75.2 Å². The number of likely N-dealkylation sites (tertiary alicyclic amines) is 1. The molecule has 3 rings (SSSR count). The van der Waals surface area contributed by atoms with Crippen LogP contribution in [0.1, 0.15) is 147 Å². The number of esters is 1. The summed E-state index contributed by atoms with van der Waals surface area (Å²) in [6.45, 7) is 15.7. The minimum atomic E-state index is -1.17. The predicted molar refractivity (Wildman–Crippen MR) is 242 cm³/mol. The van der Waals surface area contributed by atoms with Crippen molar-refractivity contribution in [3.8, 4) is 0 Å². The topological polar surface area (TPSA) is 213 Å². The maximum Gasteiger partial charge on any atom is 0.322 e. The van der Waals surface area contributed by atoms with Crippen LogP contribution in [0.25, 0.3) is 0 Å². The van der Waals surface area contributed by atoms with Gasteiger partial charge in [0.1, 0.15) is 23.3 Å². The highest BCUT2D eigenvalue weighted by Crippen LogP contribution is 2.32. The van der Waals surface area contributed by atoms with Gasteiger partial charge in [0.2, 0.25) is 17.7 Å². The zero-order chi connectivity index (χ0) is 46.1. The summed E-state index contributed by atoms with van der Waals surface area (Å²) in [5, 5.41) is 19.8. The molecule has 0 unspecified atom stereocenters. The molecule has 0 saturated carbocycles. The third-order valence-corrected chi connectivity index (χ3v) is 12.9. The number of carboxylic acids is 1. The minimum absolute atomic E-state index is 0.0752. The molecule has 62 heavy (non-hydrogen) atoms. The number of likely N-dealkylation sites (N-methyl/N-ethyl adjacent to an activating group) is 1. The molecule has 15 nitrogen and oxygen atoms in total. The molecule has 346 valence electrons. The lowest BCUT2D eigenvalue weighted by Crippen LogP contribution is -2.59. The molecule has 0 radical (unpaired) electrons. The lowest BCUT2D eigenvalue weighted by molar-refractivity contribution is -0.149. The lowest BCUT2D eigenvalue weighted by Gasteiger charge is -2.40. The minimum Gasteiger partial charge on any atom is -0.480 e. The van der Waals surface area contributed by atoms with Crippen LogP contribution < -0.4 is 21.7 Å². The Morgan fingerprint density at radius 2 is 1.73 bits per heavy atom. The first-order valence-corrected chi connectivity index (χ1v) is 23.2. The molecule has 4 amide bonds. The Hall–Kier alpha value is -4.57. The molecule has 1 fully saturated rings. The Kier molecular flexibility index (Phi) is 20.8. The number of thiazole rings is 1. The number of nitrogens with two attached hydrogens (primary N) is 1. The number of hydrogen-bond donors (Lipinski definition) is 5. The van der Waals surface area contributed by atoms with E-state index in [2.05, 4.69) is 27.8 Å². The van der Waals surface area contributed by atoms with Crippen molar-refractivity contribution in [2.45, 2.75) is 156 Å². The Labute approximate surface area is 372 Å². The van der Waals surface area contributed by atoms with E-state index in [-0.39, 0.29) is 48.2 Å². The number of nitrogens with one attached hydrogen (secondary N) is 3. The van der Waals surface area contributed by atoms with E-state index < -0.39 is 59.9 Å². The summed E-state index contributed by atoms with van der Waals surface area (Å²) < 4.78 is 5.94. The summed E-state index contributed by atoms with van der Waals surface area (Å²) in [6.07, 6.45) is 7.02. The number of benzene rings is 1. The van der Waals surface area contributed by atoms with Crippen molar-refractivity contribution in [1.29, 1.82) is 0 Å². The molecule has 6 N–H and O–H groups in total. The number of carbonyl (C=O) groups is 6. The van der Waals surface area contributed by atoms with Crippen molar-refractivity contribution < 1.29 is 38.6 Å². The van der Waals surface area contributed by atoms with Gasteiger partial charge in [-0.25, -0.2) is 4.98 Å². The fourth-order valence-electron chi connectivity index (χ4n) is 8.06. The van der Waals surface area contributed by atoms with E-state index in [1.807, 2.05) is 51.8 Å². The highest BCUT2D eigenvalue weighted by Gasteiger charge is 2.39. The number of carboxylic acid groups (broad SMARTS) is 1. The van der Waals surface area contributed by atoms with E-state index in [9.17, 15) is 28.8 Å². The summed E-state index contributed by atoms with van der Waals surface area (Å²) in [6, 6.07) is 5.17. The van der Waals surface area contributed by atoms with Crippen LogP contribution in [-0.2, 0) is 35.1 Å². The monoisotopic (exact) mass is 884 g/mol. The van der Waals surface area contributed by atoms with E-state index in [0.29, 0.717) is 30.1 Å². The molecule has 16 heteroatoms. The SMILES string of the molecule is CCCCCCN(C(=O)[C@@H](NC(=O)[C@H]1CCCCN1C)[C@@H](C)CC)[C@H](C[C@@H](OC(C)=O)c1nc(C(=O)N[C@@H](Cc2ccc(N)cc2)CC(C)(C)C(=O)NCC(=O)O)cs1)C(C)C. The largest absolute Gasteiger partial charge is 0.480 e. The molecule has 2 heterocycles. The molecule has 1 saturated heterocycles. The van der Waals surface area contributed by atoms with Gasteiger partial charge in [0.25, 0.3) is 5.91 Å². The molecule has 1 aromatic heterocycles. The van der Waals surface area contributed by atoms with Gasteiger partial charge in [-0.1, -0.05) is 92.7 Å². The second-order valence-corrected chi connectivity index (χ2v) is 18.8. The second kappa shape index (κ2) is 24.9. The molecule has 0 spiro atoms. The zero-order valence-electron chi connectivity index (χ0n) is 38.5. The Morgan fingerprint density at radius 3 is 2.32 bits per heavy atom. The van der Waals surface area contributed by atoms with Crippen molar-refractivity contribution in [2.75, 3.05) is 32.4 Å². The van der Waals surface area contributed by atoms with Crippen LogP contribution in [0.5, 0.6) is 0 Å². The average Bonchev–Trinajstić information content (AvgIpc) is 3.72. The first-order chi connectivity index (χ1) is 29.3. The predicted octanol–water partition coefficient (Wildman–Crippen LogP) is 6.13. The van der Waals surface area contributed by atoms with Crippen molar-refractivity contribution in [3.63, 3.8) is 0 Å². The first-order valence-electron chi connectivity index (χ1n) is 22.4. The number of unbranched alkanes of at least 4 members (excludes halogenated alkanes) is 3. The molecule has 1 aromatic carbocycles. The van der Waals surface area contributed by atoms with Crippen LogP contribution in [0.2, 0.25) is 0 Å². The van der Waals surface area contributed by atoms with Crippen LogP contribution in [0.15, 0.2) is 29.6 Å². The van der Waals surface area contributed by atoms with Crippen LogP contribution in [0, 0.1) is 17.3 Å². The van der Waals surface area contributed by atoms with Crippen LogP contribution in [-0.4, -0.2) is 106 Å². The van der Waals surface area contributed by atoms with E-state index in [1.54, 1.807) is 31.4 Å². The zero-order valence-corrected chi connectivity index (χ0v) is 39.3. The fraction of sp³-hybridized carbons (Fsp3) is 0.674. The van der Waals surface area contributed by atoms with Gasteiger partial charge in [0.05, 0.1) is 6.04 Å². The number of ether oxygens (including phenoxy) is 1. The summed E-state index contributed by atoms with van der Waals surface area (Å²) in [5.41, 5.74) is 6.40. The molecule has 1 aliphatic heterocycles. The number of nitrogen functional groups attached to an aromatic ring is 1. The number of aliphatic carboxylic acids is 1. The van der Waals surface area contributed by atoms with E-state index in [0.717, 1.165) is 57.1 Å². The third-order valence-electron chi connectivity index (χ3n) is 11.9. The number of anilines is 1. The van der Waals surface area contributed by atoms with Crippen molar-refractivity contribution in [1.82, 2.24) is 30.7 Å². The van der Waals surface area contributed by atoms with Gasteiger partial charge in [-0.3, -0.25) is 33.7 Å². The molecule has 0 aliphatic carbocycles. The van der Waals surface area contributed by atoms with Gasteiger partial charge in [-0.2, -0.15) is 0 Å². The summed E-state index contributed by atoms with van der Waals surface area (Å²) >= 11 is 1.18. The number of nitrogens with zero attached hydrogens (tertiary/aromatic N) is 3. The molecular weight excluding hydrogens is 811 g/mol. The standard InChI is InChI=1S/C46H73N7O8S/c1-10-12-13-15-23-53(44(59)40(30(5)11-2)51-42(58)36-17-14-16-22-52(36)9)37(29(3)4)25-38(61-31(6)54)43-50-35(28-62-43)41(57)49-34(24-32-18-20-33(47)21-19-32)26-46(7,8)45(60)48-27-39(55)56/h18-21,28-30,34,36-38,40H,10-17,22-27,47H2,1-9H3,(H,48,60)(H,49,57)(H,51,58)(H,55,56)/t30-,34-,36+,37+,38+,40-/m0/s1. The maximum absolute atomic E-state index is 14.9. The van der Waals surface area contributed by atoms with Gasteiger partial charge in [0.15, 0.2) is 6.10 Å². The van der Waals surface area contributed by atoms with Gasteiger partial charge in [0, 0.05) is 48.5 Å². The van der Waals surface area contributed by atoms with Gasteiger partial charge >= 0.3 is 11.9 Å². The molecule has 0 bridgehead atoms. The molecule has 2 aromatic rings. The third kappa shape index (κ3) is 16.0. The lowest BCUT2D eigenvalue weighted by atomic mass is 9.82. The van der Waals surface area contributed by atoms with Crippen LogP contribution in [0.3, 0.4) is 0 Å². The van der Waals surface area contributed by atoms with E-state index in [4.69, 9.17) is 20.6 Å². The Morgan fingerprint density at radius 1 is 1.03 bits per heavy atom. The molecular formula is C46H73N7O8S. The summed E-state index contributed by atoms with van der Waals surface area (Å²) in [5.74, 6) is -3.17. The number of rotatable bonds is 25. The van der Waals surface area contributed by atoms with Crippen molar-refractivity contribution >= 4 is 52.6 Å². The maximum atomic E-state index is 14.9. The van der Waals surface area contributed by atoms with Crippen LogP contribution >= 0.6 is 11.3 Å². The first kappa shape index (κ1) is 51.8. The van der Waals surface area contributed by atoms with Crippen molar-refractivity contribution in [2.24, 2.45) is 17.3 Å². The van der Waals surface area contributed by atoms with E-state index in [1.165, 1.54) is 18.3 Å². The molecule has 1 aliphatic rings. The van der Waals surface area contributed by atoms with Gasteiger partial charge < -0.3 is 36.4 Å². The smallest absolute Gasteiger partial charge is 0.322 e. The van der Waals surface area contributed by atoms with Crippen LogP contribution in [0.4, 0.5) is 5.69 Å². The number of carbonyl (C=O) groups excluding carboxylic acids is 5. The quantitative estimate of drug-likeness (QED) is 0.0435. The van der Waals surface area contributed by atoms with Gasteiger partial charge in [-0.15, -0.1) is 11.3 Å². The normalized spacial score (nSPS) is 17.0. The number of hydrogen-bond acceptors (Lipinski definition) is 11. The highest BCUT2D eigenvalue weighted by atomic mass is 32.1. The molecule has 6 atom stereocenters. The number of amides is 4. The van der Waals surface area contributed by atoms with Crippen molar-refractivity contribution in [3.05, 3.63) is 45.9 Å². The Bertz CT molecular complexity index is 1780. The number of aromatic nitrogens is 1. The summed E-state index contributed by atoms with van der Waals surface area (Å²) in [4.78, 5) is 88.2. The number of piperidine rings is 1. The average molecular weight is 884 g/mol. The Balaban J connectivity index is 1.95. The van der Waals surface area contributed by atoms with E-state index >= 15 is 0 Å². The highest BCUT2D eigenvalue weighted by molar-refractivity contribution is 7.09. The fourth-order valence-corrected chi connectivity index (χ4v) is 8.90.